The van der Waals surface area contributed by atoms with Crippen LogP contribution in [0.1, 0.15) is 49.1 Å². The van der Waals surface area contributed by atoms with Crippen molar-refractivity contribution in [2.24, 2.45) is 0 Å². The quantitative estimate of drug-likeness (QED) is 0.839. The van der Waals surface area contributed by atoms with Gasteiger partial charge in [-0.1, -0.05) is 54.1 Å². The molecule has 0 saturated heterocycles. The van der Waals surface area contributed by atoms with Crippen molar-refractivity contribution in [2.75, 3.05) is 0 Å². The Morgan fingerprint density at radius 2 is 1.60 bits per heavy atom. The van der Waals surface area contributed by atoms with Crippen LogP contribution in [0.5, 0.6) is 0 Å². The van der Waals surface area contributed by atoms with E-state index in [1.54, 1.807) is 0 Å². The minimum Gasteiger partial charge on any atom is -0.393 e. The van der Waals surface area contributed by atoms with Crippen LogP contribution in [-0.2, 0) is 4.79 Å². The van der Waals surface area contributed by atoms with Gasteiger partial charge in [-0.3, -0.25) is 4.79 Å². The smallest absolute Gasteiger partial charge is 0.221 e. The number of nitrogens with one attached hydrogen (secondary N) is 1. The number of aliphatic hydroxyl groups is 1. The van der Waals surface area contributed by atoms with Crippen LogP contribution in [0, 0.1) is 0 Å². The third-order valence-electron chi connectivity index (χ3n) is 4.93. The second-order valence-corrected chi connectivity index (χ2v) is 7.23. The maximum absolute atomic E-state index is 12.6. The molecule has 1 aliphatic carbocycles. The Balaban J connectivity index is 1.71. The van der Waals surface area contributed by atoms with E-state index < -0.39 is 0 Å². The maximum atomic E-state index is 12.6. The van der Waals surface area contributed by atoms with E-state index in [9.17, 15) is 9.90 Å². The molecular formula is C21H24ClNO2. The Labute approximate surface area is 154 Å². The third kappa shape index (κ3) is 5.07. The molecule has 0 aromatic heterocycles. The molecular weight excluding hydrogens is 334 g/mol. The molecule has 1 saturated carbocycles. The lowest BCUT2D eigenvalue weighted by Gasteiger charge is -2.27. The molecule has 1 amide bonds. The minimum absolute atomic E-state index is 0.00708. The molecule has 2 aromatic carbocycles. The molecule has 0 aliphatic heterocycles. The van der Waals surface area contributed by atoms with E-state index in [2.05, 4.69) is 17.4 Å². The molecule has 2 N–H and O–H groups in total. The molecule has 3 rings (SSSR count). The first-order chi connectivity index (χ1) is 12.1. The zero-order chi connectivity index (χ0) is 17.6. The van der Waals surface area contributed by atoms with Crippen molar-refractivity contribution in [2.45, 2.75) is 50.2 Å². The number of benzene rings is 2. The summed E-state index contributed by atoms with van der Waals surface area (Å²) in [5.41, 5.74) is 2.21. The highest BCUT2D eigenvalue weighted by Crippen LogP contribution is 2.29. The zero-order valence-electron chi connectivity index (χ0n) is 14.2. The van der Waals surface area contributed by atoms with Crippen molar-refractivity contribution in [1.29, 1.82) is 0 Å². The fraction of sp³-hybridized carbons (Fsp3) is 0.381. The zero-order valence-corrected chi connectivity index (χ0v) is 15.0. The molecule has 0 unspecified atom stereocenters. The fourth-order valence-electron chi connectivity index (χ4n) is 3.50. The number of carbonyl (C=O) groups is 1. The lowest BCUT2D eigenvalue weighted by atomic mass is 9.87. The van der Waals surface area contributed by atoms with E-state index in [-0.39, 0.29) is 24.0 Å². The van der Waals surface area contributed by atoms with Gasteiger partial charge >= 0.3 is 0 Å². The number of carbonyl (C=O) groups excluding carboxylic acids is 1. The fourth-order valence-corrected chi connectivity index (χ4v) is 3.63. The number of halogens is 1. The third-order valence-corrected chi connectivity index (χ3v) is 5.18. The van der Waals surface area contributed by atoms with Gasteiger partial charge in [0, 0.05) is 23.4 Å². The number of amides is 1. The summed E-state index contributed by atoms with van der Waals surface area (Å²) in [6.07, 6.45) is 3.44. The SMILES string of the molecule is O=C(C[C@@H](c1ccccc1)c1ccc(Cl)cc1)NC1CCC(O)CC1. The van der Waals surface area contributed by atoms with E-state index in [0.29, 0.717) is 11.4 Å². The summed E-state index contributed by atoms with van der Waals surface area (Å²) < 4.78 is 0. The lowest BCUT2D eigenvalue weighted by molar-refractivity contribution is -0.122. The number of rotatable bonds is 5. The maximum Gasteiger partial charge on any atom is 0.221 e. The summed E-state index contributed by atoms with van der Waals surface area (Å²) in [5, 5.41) is 13.4. The van der Waals surface area contributed by atoms with Crippen LogP contribution in [0.15, 0.2) is 54.6 Å². The van der Waals surface area contributed by atoms with Crippen LogP contribution in [0.3, 0.4) is 0 Å². The molecule has 0 radical (unpaired) electrons. The summed E-state index contributed by atoms with van der Waals surface area (Å²) >= 11 is 6.01. The highest BCUT2D eigenvalue weighted by molar-refractivity contribution is 6.30. The predicted octanol–water partition coefficient (Wildman–Crippen LogP) is 4.28. The van der Waals surface area contributed by atoms with Gasteiger partial charge in [-0.05, 0) is 48.9 Å². The van der Waals surface area contributed by atoms with Crippen molar-refractivity contribution in [3.8, 4) is 0 Å². The standard InChI is InChI=1S/C21H24ClNO2/c22-17-8-6-16(7-9-17)20(15-4-2-1-3-5-15)14-21(25)23-18-10-12-19(24)13-11-18/h1-9,18-20,24H,10-14H2,(H,23,25)/t18?,19?,20-/m0/s1. The Hall–Kier alpha value is -1.84. The van der Waals surface area contributed by atoms with Gasteiger partial charge in [-0.2, -0.15) is 0 Å². The van der Waals surface area contributed by atoms with Crippen molar-refractivity contribution >= 4 is 17.5 Å². The van der Waals surface area contributed by atoms with E-state index in [1.807, 2.05) is 42.5 Å². The molecule has 2 aromatic rings. The van der Waals surface area contributed by atoms with Gasteiger partial charge in [0.25, 0.3) is 0 Å². The molecule has 4 heteroatoms. The highest BCUT2D eigenvalue weighted by Gasteiger charge is 2.23. The van der Waals surface area contributed by atoms with Crippen molar-refractivity contribution in [3.63, 3.8) is 0 Å². The van der Waals surface area contributed by atoms with Crippen LogP contribution in [-0.4, -0.2) is 23.2 Å². The van der Waals surface area contributed by atoms with Gasteiger partial charge in [0.05, 0.1) is 6.10 Å². The second-order valence-electron chi connectivity index (χ2n) is 6.79. The molecule has 1 atom stereocenters. The second kappa shape index (κ2) is 8.50. The monoisotopic (exact) mass is 357 g/mol. The van der Waals surface area contributed by atoms with Gasteiger partial charge in [-0.25, -0.2) is 0 Å². The van der Waals surface area contributed by atoms with E-state index in [0.717, 1.165) is 36.8 Å². The Morgan fingerprint density at radius 1 is 1.00 bits per heavy atom. The summed E-state index contributed by atoms with van der Waals surface area (Å²) in [7, 11) is 0. The number of hydrogen-bond acceptors (Lipinski definition) is 2. The number of hydrogen-bond donors (Lipinski definition) is 2. The van der Waals surface area contributed by atoms with E-state index in [4.69, 9.17) is 11.6 Å². The normalized spacial score (nSPS) is 21.5. The van der Waals surface area contributed by atoms with Crippen molar-refractivity contribution in [1.82, 2.24) is 5.32 Å². The van der Waals surface area contributed by atoms with Crippen LogP contribution < -0.4 is 5.32 Å². The minimum atomic E-state index is -0.209. The van der Waals surface area contributed by atoms with Crippen molar-refractivity contribution in [3.05, 3.63) is 70.7 Å². The van der Waals surface area contributed by atoms with E-state index >= 15 is 0 Å². The molecule has 0 heterocycles. The first-order valence-electron chi connectivity index (χ1n) is 8.89. The van der Waals surface area contributed by atoms with E-state index in [1.165, 1.54) is 0 Å². The Bertz CT molecular complexity index is 679. The van der Waals surface area contributed by atoms with Crippen LogP contribution in [0.4, 0.5) is 0 Å². The van der Waals surface area contributed by atoms with Gasteiger partial charge < -0.3 is 10.4 Å². The van der Waals surface area contributed by atoms with Crippen LogP contribution in [0.2, 0.25) is 5.02 Å². The van der Waals surface area contributed by atoms with Gasteiger partial charge in [0.2, 0.25) is 5.91 Å². The summed E-state index contributed by atoms with van der Waals surface area (Å²) in [4.78, 5) is 12.6. The first kappa shape index (κ1) is 18.0. The average molecular weight is 358 g/mol. The van der Waals surface area contributed by atoms with Crippen LogP contribution >= 0.6 is 11.6 Å². The van der Waals surface area contributed by atoms with Gasteiger partial charge in [0.1, 0.15) is 0 Å². The van der Waals surface area contributed by atoms with Crippen LogP contribution in [0.25, 0.3) is 0 Å². The lowest BCUT2D eigenvalue weighted by Crippen LogP contribution is -2.39. The summed E-state index contributed by atoms with van der Waals surface area (Å²) in [5.74, 6) is 0.0674. The molecule has 1 aliphatic rings. The Kier molecular flexibility index (Phi) is 6.11. The molecule has 25 heavy (non-hydrogen) atoms. The summed E-state index contributed by atoms with van der Waals surface area (Å²) in [6, 6.07) is 18.0. The average Bonchev–Trinajstić information content (AvgIpc) is 2.63. The summed E-state index contributed by atoms with van der Waals surface area (Å²) in [6.45, 7) is 0. The largest absolute Gasteiger partial charge is 0.393 e. The molecule has 3 nitrogen and oxygen atoms in total. The Morgan fingerprint density at radius 3 is 2.24 bits per heavy atom. The number of aliphatic hydroxyl groups excluding tert-OH is 1. The predicted molar refractivity (Wildman–Crippen MR) is 101 cm³/mol. The molecule has 132 valence electrons. The van der Waals surface area contributed by atoms with Crippen molar-refractivity contribution < 1.29 is 9.90 Å². The topological polar surface area (TPSA) is 49.3 Å². The highest BCUT2D eigenvalue weighted by atomic mass is 35.5. The van der Waals surface area contributed by atoms with Gasteiger partial charge in [-0.15, -0.1) is 0 Å². The molecule has 1 fully saturated rings. The molecule has 0 spiro atoms. The molecule has 0 bridgehead atoms. The van der Waals surface area contributed by atoms with Gasteiger partial charge in [0.15, 0.2) is 0 Å². The first-order valence-corrected chi connectivity index (χ1v) is 9.27.